The number of nitrogens with two attached hydrogens (primary N) is 2. The van der Waals surface area contributed by atoms with Crippen molar-refractivity contribution in [1.29, 1.82) is 0 Å². The van der Waals surface area contributed by atoms with Crippen LogP contribution in [0.3, 0.4) is 0 Å². The summed E-state index contributed by atoms with van der Waals surface area (Å²) in [4.78, 5) is 71.2. The van der Waals surface area contributed by atoms with Gasteiger partial charge in [-0.15, -0.1) is 0 Å². The molecule has 1 unspecified atom stereocenters. The van der Waals surface area contributed by atoms with Crippen molar-refractivity contribution in [3.05, 3.63) is 34.4 Å². The first kappa shape index (κ1) is 30.9. The van der Waals surface area contributed by atoms with Gasteiger partial charge in [0.15, 0.2) is 0 Å². The molecule has 0 heterocycles. The Bertz CT molecular complexity index is 1030. The number of nitrogens with one attached hydrogen (secondary N) is 1. The van der Waals surface area contributed by atoms with Gasteiger partial charge in [-0.3, -0.25) is 39.1 Å². The van der Waals surface area contributed by atoms with Gasteiger partial charge in [-0.05, 0) is 22.8 Å². The molecule has 0 fully saturated rings. The van der Waals surface area contributed by atoms with Crippen molar-refractivity contribution in [2.45, 2.75) is 25.4 Å². The highest BCUT2D eigenvalue weighted by atomic mass is 16.4. The molecule has 1 rings (SSSR count). The predicted molar refractivity (Wildman–Crippen MR) is 123 cm³/mol. The average Bonchev–Trinajstić information content (AvgIpc) is 2.76. The predicted octanol–water partition coefficient (Wildman–Crippen LogP) is -2.77. The quantitative estimate of drug-likeness (QED) is 0.0752. The molecule has 0 aliphatic heterocycles. The van der Waals surface area contributed by atoms with E-state index in [-0.39, 0.29) is 36.3 Å². The summed E-state index contributed by atoms with van der Waals surface area (Å²) in [6.45, 7) is -2.15. The Labute approximate surface area is 210 Å². The number of carboxylic acid groups (broad SMARTS) is 5. The number of hydrogen-bond acceptors (Lipinski definition) is 10. The zero-order chi connectivity index (χ0) is 28.3. The number of carboxylic acids is 5. The summed E-state index contributed by atoms with van der Waals surface area (Å²) in [6, 6.07) is 2.22. The van der Waals surface area contributed by atoms with Gasteiger partial charge in [0, 0.05) is 25.2 Å². The molecule has 0 saturated heterocycles. The van der Waals surface area contributed by atoms with Crippen LogP contribution >= 0.6 is 0 Å². The Balaban J connectivity index is 3.89. The second kappa shape index (κ2) is 14.4. The topological polar surface area (TPSA) is 274 Å². The molecule has 37 heavy (non-hydrogen) atoms. The molecular weight excluding hydrogens is 498 g/mol. The first-order chi connectivity index (χ1) is 17.3. The fourth-order valence-corrected chi connectivity index (χ4v) is 3.63. The van der Waals surface area contributed by atoms with Crippen LogP contribution in [0, 0.1) is 0 Å². The molecule has 0 bridgehead atoms. The van der Waals surface area contributed by atoms with Crippen LogP contribution in [0.2, 0.25) is 0 Å². The maximum atomic E-state index is 13.8. The van der Waals surface area contributed by atoms with E-state index in [1.807, 2.05) is 0 Å². The third-order valence-electron chi connectivity index (χ3n) is 4.95. The van der Waals surface area contributed by atoms with Crippen LogP contribution in [0.5, 0.6) is 0 Å². The van der Waals surface area contributed by atoms with E-state index in [0.717, 1.165) is 12.1 Å². The molecule has 0 aromatic heterocycles. The van der Waals surface area contributed by atoms with Crippen molar-refractivity contribution < 1.29 is 54.3 Å². The van der Waals surface area contributed by atoms with Crippen LogP contribution in [-0.2, 0) is 43.2 Å². The molecule has 10 N–H and O–H groups in total. The zero-order valence-electron chi connectivity index (χ0n) is 19.6. The number of hydrogen-bond donors (Lipinski definition) is 8. The highest BCUT2D eigenvalue weighted by Crippen LogP contribution is 2.25. The molecule has 1 aromatic rings. The van der Waals surface area contributed by atoms with E-state index in [0.29, 0.717) is 10.0 Å². The van der Waals surface area contributed by atoms with Crippen LogP contribution in [0.25, 0.3) is 0 Å². The van der Waals surface area contributed by atoms with Crippen LogP contribution < -0.4 is 16.8 Å². The Kier molecular flexibility index (Phi) is 12.1. The monoisotopic (exact) mass is 527 g/mol. The van der Waals surface area contributed by atoms with Crippen LogP contribution in [-0.4, -0.2) is 110 Å². The minimum absolute atomic E-state index is 0.0428. The Morgan fingerprint density at radius 2 is 1.27 bits per heavy atom. The number of aliphatic carboxylic acids is 5. The van der Waals surface area contributed by atoms with E-state index in [1.165, 1.54) is 0 Å². The zero-order valence-corrected chi connectivity index (χ0v) is 19.6. The van der Waals surface area contributed by atoms with E-state index in [1.54, 1.807) is 0 Å². The lowest BCUT2D eigenvalue weighted by atomic mass is 9.89. The Morgan fingerprint density at radius 1 is 0.757 bits per heavy atom. The van der Waals surface area contributed by atoms with Crippen molar-refractivity contribution >= 4 is 35.8 Å². The van der Waals surface area contributed by atoms with Gasteiger partial charge in [-0.25, -0.2) is 0 Å². The molecule has 16 nitrogen and oxygen atoms in total. The Hall–Kier alpha value is -4.12. The largest absolute Gasteiger partial charge is 0.481 e. The smallest absolute Gasteiger partial charge is 0.319 e. The van der Waals surface area contributed by atoms with Crippen LogP contribution in [0.1, 0.15) is 27.0 Å². The van der Waals surface area contributed by atoms with Gasteiger partial charge in [0.05, 0.1) is 19.3 Å². The first-order valence-corrected chi connectivity index (χ1v) is 10.8. The fraction of sp³-hybridized carbons (Fsp3) is 0.429. The normalized spacial score (nSPS) is 11.6. The Morgan fingerprint density at radius 3 is 1.70 bits per heavy atom. The average molecular weight is 527 g/mol. The molecule has 16 heteroatoms. The van der Waals surface area contributed by atoms with Crippen molar-refractivity contribution in [3.8, 4) is 0 Å². The molecule has 0 aliphatic rings. The molecule has 1 amide bonds. The van der Waals surface area contributed by atoms with E-state index in [4.69, 9.17) is 11.5 Å². The highest BCUT2D eigenvalue weighted by molar-refractivity contribution is 5.98. The van der Waals surface area contributed by atoms with Crippen molar-refractivity contribution in [2.75, 3.05) is 32.7 Å². The van der Waals surface area contributed by atoms with E-state index >= 15 is 0 Å². The van der Waals surface area contributed by atoms with Crippen molar-refractivity contribution in [2.24, 2.45) is 11.5 Å². The highest BCUT2D eigenvalue weighted by Gasteiger charge is 2.34. The number of carbonyl (C=O) groups excluding carboxylic acids is 1. The molecule has 0 saturated carbocycles. The third kappa shape index (κ3) is 9.45. The standard InChI is InChI=1S/C21H29N5O11/c22-3-4-24-15(8-23)26(25(9-19(33)34)10-20(35)36)21(37)12-2-1-11(5-16(27)28)13(6-17(29)30)14(12)7-18(31)32/h1-2,15,24H,3-10,22-23H2,(H,27,28)(H,29,30)(H,31,32)(H,33,34)(H,35,36). The number of amides is 1. The molecule has 0 spiro atoms. The summed E-state index contributed by atoms with van der Waals surface area (Å²) in [5, 5.41) is 50.8. The van der Waals surface area contributed by atoms with Gasteiger partial charge in [-0.1, -0.05) is 6.07 Å². The summed E-state index contributed by atoms with van der Waals surface area (Å²) in [7, 11) is 0. The van der Waals surface area contributed by atoms with Gasteiger partial charge in [0.25, 0.3) is 5.91 Å². The molecule has 0 aliphatic carbocycles. The second-order valence-electron chi connectivity index (χ2n) is 7.70. The number of hydrazine groups is 1. The van der Waals surface area contributed by atoms with Crippen molar-refractivity contribution in [3.63, 3.8) is 0 Å². The van der Waals surface area contributed by atoms with E-state index in [2.05, 4.69) is 5.32 Å². The van der Waals surface area contributed by atoms with Crippen LogP contribution in [0.15, 0.2) is 12.1 Å². The SMILES string of the molecule is NCCNC(CN)N(C(=O)c1ccc(CC(=O)O)c(CC(=O)O)c1CC(=O)O)N(CC(=O)O)CC(=O)O. The summed E-state index contributed by atoms with van der Waals surface area (Å²) < 4.78 is 0. The van der Waals surface area contributed by atoms with E-state index < -0.39 is 79.8 Å². The van der Waals surface area contributed by atoms with Gasteiger partial charge < -0.3 is 37.0 Å². The first-order valence-electron chi connectivity index (χ1n) is 10.8. The lowest BCUT2D eigenvalue weighted by molar-refractivity contribution is -0.151. The van der Waals surface area contributed by atoms with Gasteiger partial charge in [-0.2, -0.15) is 5.01 Å². The van der Waals surface area contributed by atoms with Gasteiger partial charge >= 0.3 is 29.8 Å². The molecular formula is C21H29N5O11. The third-order valence-corrected chi connectivity index (χ3v) is 4.95. The minimum Gasteiger partial charge on any atom is -0.481 e. The summed E-state index contributed by atoms with van der Waals surface area (Å²) in [5.41, 5.74) is 10.3. The fourth-order valence-electron chi connectivity index (χ4n) is 3.63. The van der Waals surface area contributed by atoms with Crippen LogP contribution in [0.4, 0.5) is 0 Å². The second-order valence-corrected chi connectivity index (χ2v) is 7.70. The maximum absolute atomic E-state index is 13.8. The molecule has 0 radical (unpaired) electrons. The lowest BCUT2D eigenvalue weighted by Crippen LogP contribution is -2.62. The maximum Gasteiger partial charge on any atom is 0.319 e. The number of nitrogens with zero attached hydrogens (tertiary/aromatic N) is 2. The van der Waals surface area contributed by atoms with Gasteiger partial charge in [0.1, 0.15) is 19.3 Å². The summed E-state index contributed by atoms with van der Waals surface area (Å²) in [6.07, 6.45) is -3.56. The summed E-state index contributed by atoms with van der Waals surface area (Å²) in [5.74, 6) is -8.32. The molecule has 204 valence electrons. The lowest BCUT2D eigenvalue weighted by Gasteiger charge is -2.39. The number of benzene rings is 1. The molecule has 1 aromatic carbocycles. The van der Waals surface area contributed by atoms with Gasteiger partial charge in [0.2, 0.25) is 0 Å². The van der Waals surface area contributed by atoms with E-state index in [9.17, 15) is 54.3 Å². The molecule has 1 atom stereocenters. The number of rotatable bonds is 17. The minimum atomic E-state index is -1.50. The van der Waals surface area contributed by atoms with Crippen molar-refractivity contribution in [1.82, 2.24) is 15.3 Å². The number of carbonyl (C=O) groups is 6. The summed E-state index contributed by atoms with van der Waals surface area (Å²) >= 11 is 0.